The second-order valence-corrected chi connectivity index (χ2v) is 11.8. The lowest BCUT2D eigenvalue weighted by Gasteiger charge is -2.50. The highest BCUT2D eigenvalue weighted by Crippen LogP contribution is 2.27. The first-order valence-corrected chi connectivity index (χ1v) is 15.5. The Morgan fingerprint density at radius 3 is 1.14 bits per heavy atom. The van der Waals surface area contributed by atoms with Crippen molar-refractivity contribution < 1.29 is 8.97 Å². The average molecular weight is 493 g/mol. The second-order valence-electron chi connectivity index (χ2n) is 11.8. The van der Waals surface area contributed by atoms with Crippen molar-refractivity contribution in [3.05, 3.63) is 71.8 Å². The first kappa shape index (κ1) is 28.9. The van der Waals surface area contributed by atoms with Gasteiger partial charge >= 0.3 is 0 Å². The number of hydrogen-bond donors (Lipinski definition) is 0. The summed E-state index contributed by atoms with van der Waals surface area (Å²) < 4.78 is 2.62. The molecule has 1 fully saturated rings. The minimum Gasteiger partial charge on any atom is -0.311 e. The molecule has 0 aliphatic carbocycles. The largest absolute Gasteiger partial charge is 0.311 e. The molecule has 0 bridgehead atoms. The Morgan fingerprint density at radius 2 is 0.778 bits per heavy atom. The van der Waals surface area contributed by atoms with Gasteiger partial charge in [-0.3, -0.25) is 0 Å². The van der Waals surface area contributed by atoms with E-state index < -0.39 is 0 Å². The maximum atomic E-state index is 2.36. The molecule has 0 saturated carbocycles. The third-order valence-electron chi connectivity index (χ3n) is 8.79. The molecule has 0 unspecified atom stereocenters. The van der Waals surface area contributed by atoms with Crippen LogP contribution in [0.1, 0.15) is 102 Å². The third-order valence-corrected chi connectivity index (χ3v) is 8.79. The molecule has 200 valence electrons. The fraction of sp³-hybridized carbons (Fsp3) is 0.647. The Kier molecular flexibility index (Phi) is 13.1. The third kappa shape index (κ3) is 10.0. The van der Waals surface area contributed by atoms with Gasteiger partial charge < -0.3 is 8.97 Å². The van der Waals surface area contributed by atoms with E-state index in [1.165, 1.54) is 150 Å². The van der Waals surface area contributed by atoms with Crippen LogP contribution >= 0.6 is 0 Å². The SMILES string of the molecule is CCCCCCCC[N+]1(Cc2ccccc2)CC[N+](CCCCCCCC)(Cc2ccccc2)CC1. The normalized spacial score (nSPS) is 22.1. The molecule has 1 aliphatic heterocycles. The Bertz CT molecular complexity index is 723. The van der Waals surface area contributed by atoms with E-state index in [0.717, 1.165) is 0 Å². The fourth-order valence-electron chi connectivity index (χ4n) is 6.39. The molecule has 0 amide bonds. The van der Waals surface area contributed by atoms with E-state index in [-0.39, 0.29) is 0 Å². The number of rotatable bonds is 18. The summed E-state index contributed by atoms with van der Waals surface area (Å²) in [6.45, 7) is 15.2. The smallest absolute Gasteiger partial charge is 0.129 e. The molecule has 1 aliphatic rings. The van der Waals surface area contributed by atoms with E-state index in [0.29, 0.717) is 0 Å². The van der Waals surface area contributed by atoms with Crippen molar-refractivity contribution in [3.8, 4) is 0 Å². The van der Waals surface area contributed by atoms with E-state index in [9.17, 15) is 0 Å². The van der Waals surface area contributed by atoms with Gasteiger partial charge in [-0.1, -0.05) is 126 Å². The molecule has 1 heterocycles. The highest BCUT2D eigenvalue weighted by molar-refractivity contribution is 5.14. The van der Waals surface area contributed by atoms with Gasteiger partial charge in [-0.25, -0.2) is 0 Å². The minimum absolute atomic E-state index is 1.22. The van der Waals surface area contributed by atoms with Gasteiger partial charge in [0.2, 0.25) is 0 Å². The van der Waals surface area contributed by atoms with Crippen LogP contribution in [0.2, 0.25) is 0 Å². The lowest BCUT2D eigenvalue weighted by Crippen LogP contribution is -2.66. The van der Waals surface area contributed by atoms with Gasteiger partial charge in [0.15, 0.2) is 0 Å². The molecule has 1 saturated heterocycles. The van der Waals surface area contributed by atoms with E-state index >= 15 is 0 Å². The highest BCUT2D eigenvalue weighted by atomic mass is 15.5. The van der Waals surface area contributed by atoms with Gasteiger partial charge in [0.05, 0.1) is 13.1 Å². The van der Waals surface area contributed by atoms with Gasteiger partial charge in [0.1, 0.15) is 39.3 Å². The van der Waals surface area contributed by atoms with Crippen LogP contribution in [0.15, 0.2) is 60.7 Å². The van der Waals surface area contributed by atoms with Crippen molar-refractivity contribution in [2.75, 3.05) is 39.3 Å². The van der Waals surface area contributed by atoms with Crippen molar-refractivity contribution >= 4 is 0 Å². The molecule has 2 heteroatoms. The van der Waals surface area contributed by atoms with Crippen molar-refractivity contribution in [2.45, 2.75) is 104 Å². The topological polar surface area (TPSA) is 0 Å². The van der Waals surface area contributed by atoms with Crippen LogP contribution in [0.25, 0.3) is 0 Å². The van der Waals surface area contributed by atoms with Crippen molar-refractivity contribution in [1.82, 2.24) is 0 Å². The summed E-state index contributed by atoms with van der Waals surface area (Å²) in [5.74, 6) is 0. The number of hydrogen-bond acceptors (Lipinski definition) is 0. The van der Waals surface area contributed by atoms with E-state index in [1.54, 1.807) is 0 Å². The summed E-state index contributed by atoms with van der Waals surface area (Å²) in [4.78, 5) is 0. The molecular weight excluding hydrogens is 436 g/mol. The van der Waals surface area contributed by atoms with Gasteiger partial charge in [-0.2, -0.15) is 0 Å². The molecule has 0 atom stereocenters. The lowest BCUT2D eigenvalue weighted by molar-refractivity contribution is -1.04. The van der Waals surface area contributed by atoms with Crippen LogP contribution in [0.5, 0.6) is 0 Å². The molecule has 0 aromatic heterocycles. The Labute approximate surface area is 223 Å². The number of quaternary nitrogens is 2. The van der Waals surface area contributed by atoms with Crippen molar-refractivity contribution in [2.24, 2.45) is 0 Å². The molecule has 0 N–H and O–H groups in total. The Balaban J connectivity index is 1.65. The lowest BCUT2D eigenvalue weighted by atomic mass is 10.0. The number of piperazine rings is 1. The molecule has 2 aromatic rings. The fourth-order valence-corrected chi connectivity index (χ4v) is 6.39. The first-order chi connectivity index (χ1) is 17.7. The van der Waals surface area contributed by atoms with E-state index in [4.69, 9.17) is 0 Å². The van der Waals surface area contributed by atoms with Gasteiger partial charge in [0, 0.05) is 11.1 Å². The Morgan fingerprint density at radius 1 is 0.444 bits per heavy atom. The van der Waals surface area contributed by atoms with Crippen molar-refractivity contribution in [1.29, 1.82) is 0 Å². The molecular formula is C34H56N2+2. The van der Waals surface area contributed by atoms with Gasteiger partial charge in [0.25, 0.3) is 0 Å². The standard InChI is InChI=1S/C34H56N2/c1-3-5-7-9-11-19-25-35(31-33-21-15-13-16-22-33)27-29-36(30-28-35,26-20-12-10-8-6-4-2)32-34-23-17-14-18-24-34/h13-18,21-24H,3-12,19-20,25-32H2,1-2H3/q+2. The molecule has 2 nitrogen and oxygen atoms in total. The van der Waals surface area contributed by atoms with Gasteiger partial charge in [-0.05, 0) is 25.7 Å². The van der Waals surface area contributed by atoms with Gasteiger partial charge in [-0.15, -0.1) is 0 Å². The van der Waals surface area contributed by atoms with Crippen LogP contribution in [0.4, 0.5) is 0 Å². The summed E-state index contributed by atoms with van der Waals surface area (Å²) in [5.41, 5.74) is 3.06. The van der Waals surface area contributed by atoms with Crippen LogP contribution in [-0.4, -0.2) is 48.2 Å². The molecule has 36 heavy (non-hydrogen) atoms. The monoisotopic (exact) mass is 492 g/mol. The number of benzene rings is 2. The maximum absolute atomic E-state index is 2.36. The summed E-state index contributed by atoms with van der Waals surface area (Å²) in [7, 11) is 0. The summed E-state index contributed by atoms with van der Waals surface area (Å²) in [5, 5.41) is 0. The zero-order valence-corrected chi connectivity index (χ0v) is 23.8. The van der Waals surface area contributed by atoms with Crippen LogP contribution in [0.3, 0.4) is 0 Å². The van der Waals surface area contributed by atoms with E-state index in [2.05, 4.69) is 74.5 Å². The van der Waals surface area contributed by atoms with Crippen LogP contribution in [-0.2, 0) is 13.1 Å². The summed E-state index contributed by atoms with van der Waals surface area (Å²) in [6.07, 6.45) is 16.8. The first-order valence-electron chi connectivity index (χ1n) is 15.5. The minimum atomic E-state index is 1.22. The molecule has 3 rings (SSSR count). The average Bonchev–Trinajstić information content (AvgIpc) is 2.91. The second kappa shape index (κ2) is 16.3. The molecule has 2 aromatic carbocycles. The van der Waals surface area contributed by atoms with Crippen molar-refractivity contribution in [3.63, 3.8) is 0 Å². The predicted octanol–water partition coefficient (Wildman–Crippen LogP) is 8.76. The van der Waals surface area contributed by atoms with Crippen LogP contribution in [0, 0.1) is 0 Å². The number of unbranched alkanes of at least 4 members (excludes halogenated alkanes) is 10. The van der Waals surface area contributed by atoms with E-state index in [1.807, 2.05) is 0 Å². The number of nitrogens with zero attached hydrogens (tertiary/aromatic N) is 2. The zero-order valence-electron chi connectivity index (χ0n) is 23.8. The predicted molar refractivity (Wildman–Crippen MR) is 157 cm³/mol. The molecule has 0 radical (unpaired) electrons. The molecule has 0 spiro atoms. The summed E-state index contributed by atoms with van der Waals surface area (Å²) in [6, 6.07) is 22.7. The highest BCUT2D eigenvalue weighted by Gasteiger charge is 2.41. The zero-order chi connectivity index (χ0) is 25.4. The van der Waals surface area contributed by atoms with Crippen LogP contribution < -0.4 is 0 Å². The maximum Gasteiger partial charge on any atom is 0.129 e. The Hall–Kier alpha value is -1.64. The quantitative estimate of drug-likeness (QED) is 0.144. The summed E-state index contributed by atoms with van der Waals surface area (Å²) >= 11 is 0.